The first-order valence-electron chi connectivity index (χ1n) is 6.76. The molecule has 0 bridgehead atoms. The number of hydrogen-bond donors (Lipinski definition) is 2. The Morgan fingerprint density at radius 1 is 1.40 bits per heavy atom. The van der Waals surface area contributed by atoms with Crippen LogP contribution >= 0.6 is 0 Å². The maximum atomic E-state index is 11.9. The monoisotopic (exact) mass is 280 g/mol. The average molecular weight is 280 g/mol. The second kappa shape index (κ2) is 6.96. The van der Waals surface area contributed by atoms with Crippen LogP contribution in [-0.2, 0) is 14.3 Å². The summed E-state index contributed by atoms with van der Waals surface area (Å²) in [4.78, 5) is 23.1. The van der Waals surface area contributed by atoms with Gasteiger partial charge in [-0.05, 0) is 25.8 Å². The van der Waals surface area contributed by atoms with Gasteiger partial charge in [0, 0.05) is 11.5 Å². The van der Waals surface area contributed by atoms with Crippen LogP contribution in [0.15, 0.2) is 28.7 Å². The third-order valence-corrected chi connectivity index (χ3v) is 3.45. The molecule has 1 aliphatic carbocycles. The number of aliphatic hydroxyl groups excluding tert-OH is 2. The zero-order valence-electron chi connectivity index (χ0n) is 12.0. The summed E-state index contributed by atoms with van der Waals surface area (Å²) in [7, 11) is 0. The molecule has 0 amide bonds. The highest BCUT2D eigenvalue weighted by atomic mass is 16.5. The average Bonchev–Trinajstić information content (AvgIpc) is 2.40. The van der Waals surface area contributed by atoms with Crippen molar-refractivity contribution in [3.63, 3.8) is 0 Å². The minimum absolute atomic E-state index is 0.000414. The van der Waals surface area contributed by atoms with E-state index in [4.69, 9.17) is 4.74 Å². The smallest absolute Gasteiger partial charge is 0.309 e. The highest BCUT2D eigenvalue weighted by Crippen LogP contribution is 2.37. The fourth-order valence-electron chi connectivity index (χ4n) is 2.39. The standard InChI is InChI=1S/C15H20O5/c1-4-9(15(19)20-6-3)11-7-13(17)10(5-2)14(18)12(11)8-16/h7,9,11,17-18H,4-6H2,1-3H3. The maximum absolute atomic E-state index is 11.9. The molecular formula is C15H20O5. The van der Waals surface area contributed by atoms with Gasteiger partial charge in [0.15, 0.2) is 0 Å². The molecule has 1 rings (SSSR count). The van der Waals surface area contributed by atoms with Crippen molar-refractivity contribution in [2.45, 2.75) is 33.6 Å². The van der Waals surface area contributed by atoms with E-state index in [2.05, 4.69) is 0 Å². The number of hydrogen-bond acceptors (Lipinski definition) is 5. The van der Waals surface area contributed by atoms with E-state index in [1.165, 1.54) is 6.08 Å². The normalized spacial score (nSPS) is 20.2. The van der Waals surface area contributed by atoms with Crippen LogP contribution in [0.1, 0.15) is 33.6 Å². The molecule has 2 N–H and O–H groups in total. The predicted octanol–water partition coefficient (Wildman–Crippen LogP) is 2.63. The lowest BCUT2D eigenvalue weighted by Crippen LogP contribution is -2.29. The zero-order valence-corrected chi connectivity index (χ0v) is 12.0. The fraction of sp³-hybridized carbons (Fsp3) is 0.533. The first-order valence-corrected chi connectivity index (χ1v) is 6.76. The summed E-state index contributed by atoms with van der Waals surface area (Å²) in [5, 5.41) is 20.0. The molecule has 110 valence electrons. The molecule has 0 saturated carbocycles. The molecule has 1 aliphatic rings. The molecule has 0 spiro atoms. The topological polar surface area (TPSA) is 83.8 Å². The number of carbonyl (C=O) groups excluding carboxylic acids is 2. The highest BCUT2D eigenvalue weighted by Gasteiger charge is 2.36. The predicted molar refractivity (Wildman–Crippen MR) is 73.8 cm³/mol. The van der Waals surface area contributed by atoms with Crippen LogP contribution in [-0.4, -0.2) is 28.7 Å². The first-order chi connectivity index (χ1) is 9.51. The first kappa shape index (κ1) is 16.1. The summed E-state index contributed by atoms with van der Waals surface area (Å²) in [5.74, 6) is -0.487. The van der Waals surface area contributed by atoms with Gasteiger partial charge >= 0.3 is 5.97 Å². The molecule has 0 saturated heterocycles. The van der Waals surface area contributed by atoms with Gasteiger partial charge in [0.25, 0.3) is 0 Å². The molecule has 0 heterocycles. The Morgan fingerprint density at radius 2 is 2.05 bits per heavy atom. The molecule has 0 aliphatic heterocycles. The lowest BCUT2D eigenvalue weighted by molar-refractivity contribution is -0.149. The van der Waals surface area contributed by atoms with E-state index in [1.54, 1.807) is 26.7 Å². The molecule has 5 heteroatoms. The molecular weight excluding hydrogens is 260 g/mol. The molecule has 0 aromatic rings. The number of aliphatic hydroxyl groups is 2. The number of rotatable bonds is 5. The van der Waals surface area contributed by atoms with Gasteiger partial charge in [0.2, 0.25) is 0 Å². The summed E-state index contributed by atoms with van der Waals surface area (Å²) in [6.45, 7) is 5.47. The Bertz CT molecular complexity index is 494. The van der Waals surface area contributed by atoms with Crippen molar-refractivity contribution in [3.05, 3.63) is 28.7 Å². The maximum Gasteiger partial charge on any atom is 0.309 e. The number of esters is 1. The van der Waals surface area contributed by atoms with E-state index in [1.807, 2.05) is 0 Å². The van der Waals surface area contributed by atoms with Crippen LogP contribution in [0.3, 0.4) is 0 Å². The largest absolute Gasteiger partial charge is 0.508 e. The molecule has 0 radical (unpaired) electrons. The van der Waals surface area contributed by atoms with Gasteiger partial charge in [-0.2, -0.15) is 0 Å². The summed E-state index contributed by atoms with van der Waals surface area (Å²) in [6, 6.07) is 0. The van der Waals surface area contributed by atoms with Gasteiger partial charge in [-0.15, -0.1) is 0 Å². The zero-order chi connectivity index (χ0) is 15.3. The van der Waals surface area contributed by atoms with Crippen LogP contribution in [0.25, 0.3) is 0 Å². The Morgan fingerprint density at radius 3 is 2.50 bits per heavy atom. The summed E-state index contributed by atoms with van der Waals surface area (Å²) in [6.07, 6.45) is 2.22. The molecule has 0 aromatic carbocycles. The Labute approximate surface area is 118 Å². The van der Waals surface area contributed by atoms with Crippen LogP contribution in [0.4, 0.5) is 0 Å². The van der Waals surface area contributed by atoms with E-state index < -0.39 is 17.8 Å². The molecule has 0 fully saturated rings. The lowest BCUT2D eigenvalue weighted by atomic mass is 9.78. The third-order valence-electron chi connectivity index (χ3n) is 3.45. The van der Waals surface area contributed by atoms with Crippen LogP contribution in [0.2, 0.25) is 0 Å². The Balaban J connectivity index is 3.22. The molecule has 20 heavy (non-hydrogen) atoms. The molecule has 2 atom stereocenters. The highest BCUT2D eigenvalue weighted by molar-refractivity contribution is 5.76. The van der Waals surface area contributed by atoms with Crippen molar-refractivity contribution in [3.8, 4) is 0 Å². The fourth-order valence-corrected chi connectivity index (χ4v) is 2.39. The van der Waals surface area contributed by atoms with Gasteiger partial charge in [-0.25, -0.2) is 4.79 Å². The lowest BCUT2D eigenvalue weighted by Gasteiger charge is -2.26. The second-order valence-corrected chi connectivity index (χ2v) is 4.54. The molecule has 5 nitrogen and oxygen atoms in total. The van der Waals surface area contributed by atoms with E-state index in [0.29, 0.717) is 18.4 Å². The Kier molecular flexibility index (Phi) is 5.59. The van der Waals surface area contributed by atoms with E-state index in [9.17, 15) is 19.8 Å². The van der Waals surface area contributed by atoms with Crippen molar-refractivity contribution in [1.82, 2.24) is 0 Å². The quantitative estimate of drug-likeness (QED) is 0.597. The van der Waals surface area contributed by atoms with Crippen LogP contribution in [0.5, 0.6) is 0 Å². The Hall–Kier alpha value is -2.00. The summed E-state index contributed by atoms with van der Waals surface area (Å²) < 4.78 is 4.97. The van der Waals surface area contributed by atoms with Gasteiger partial charge in [-0.1, -0.05) is 13.8 Å². The van der Waals surface area contributed by atoms with E-state index in [-0.39, 0.29) is 23.7 Å². The SMILES string of the molecule is CCOC(=O)C(CC)C1C=C(O)C(CC)=C(O)C1=C=O. The second-order valence-electron chi connectivity index (χ2n) is 4.54. The molecule has 2 unspecified atom stereocenters. The van der Waals surface area contributed by atoms with Gasteiger partial charge in [-0.3, -0.25) is 4.79 Å². The third kappa shape index (κ3) is 2.94. The van der Waals surface area contributed by atoms with Gasteiger partial charge in [0.1, 0.15) is 17.5 Å². The summed E-state index contributed by atoms with van der Waals surface area (Å²) >= 11 is 0. The van der Waals surface area contributed by atoms with Crippen LogP contribution < -0.4 is 0 Å². The summed E-state index contributed by atoms with van der Waals surface area (Å²) in [5.41, 5.74) is 0.290. The van der Waals surface area contributed by atoms with Crippen molar-refractivity contribution >= 4 is 11.9 Å². The van der Waals surface area contributed by atoms with Crippen molar-refractivity contribution < 1.29 is 24.5 Å². The van der Waals surface area contributed by atoms with Gasteiger partial charge < -0.3 is 14.9 Å². The van der Waals surface area contributed by atoms with Gasteiger partial charge in [0.05, 0.1) is 18.1 Å². The minimum atomic E-state index is -0.716. The molecule has 0 aromatic heterocycles. The number of allylic oxidation sites excluding steroid dienone is 3. The minimum Gasteiger partial charge on any atom is -0.508 e. The van der Waals surface area contributed by atoms with Crippen molar-refractivity contribution in [2.75, 3.05) is 6.61 Å². The number of ether oxygens (including phenoxy) is 1. The van der Waals surface area contributed by atoms with E-state index >= 15 is 0 Å². The number of carbonyl (C=O) groups is 1. The van der Waals surface area contributed by atoms with E-state index in [0.717, 1.165) is 0 Å². The van der Waals surface area contributed by atoms with Crippen LogP contribution in [0, 0.1) is 11.8 Å². The van der Waals surface area contributed by atoms with Crippen molar-refractivity contribution in [1.29, 1.82) is 0 Å². The van der Waals surface area contributed by atoms with Crippen molar-refractivity contribution in [2.24, 2.45) is 11.8 Å².